The lowest BCUT2D eigenvalue weighted by atomic mass is 10.2. The van der Waals surface area contributed by atoms with Gasteiger partial charge in [0.15, 0.2) is 11.4 Å². The van der Waals surface area contributed by atoms with Gasteiger partial charge >= 0.3 is 0 Å². The molecule has 1 amide bonds. The number of hydrogen-bond acceptors (Lipinski definition) is 4. The molecule has 5 nitrogen and oxygen atoms in total. The number of nitrogens with two attached hydrogens (primary N) is 1. The second kappa shape index (κ2) is 4.52. The van der Waals surface area contributed by atoms with E-state index >= 15 is 0 Å². The Labute approximate surface area is 100 Å². The summed E-state index contributed by atoms with van der Waals surface area (Å²) < 4.78 is 6.06. The largest absolute Gasteiger partial charge is 0.370 e. The minimum absolute atomic E-state index is 0.266. The fourth-order valence-electron chi connectivity index (χ4n) is 1.34. The van der Waals surface area contributed by atoms with Gasteiger partial charge in [0.25, 0.3) is 0 Å². The molecule has 0 radical (unpaired) electrons. The van der Waals surface area contributed by atoms with E-state index < -0.39 is 0 Å². The van der Waals surface area contributed by atoms with Crippen molar-refractivity contribution >= 4 is 38.6 Å². The third-order valence-corrected chi connectivity index (χ3v) is 2.59. The van der Waals surface area contributed by atoms with Gasteiger partial charge in [-0.1, -0.05) is 21.1 Å². The van der Waals surface area contributed by atoms with E-state index in [-0.39, 0.29) is 12.3 Å². The molecule has 6 heteroatoms. The molecule has 0 aliphatic carbocycles. The Morgan fingerprint density at radius 2 is 2.38 bits per heavy atom. The average Bonchev–Trinajstić information content (AvgIpc) is 2.60. The Hall–Kier alpha value is -1.56. The molecule has 0 fully saturated rings. The van der Waals surface area contributed by atoms with Crippen molar-refractivity contribution in [1.82, 2.24) is 5.16 Å². The van der Waals surface area contributed by atoms with Gasteiger partial charge in [-0.25, -0.2) is 0 Å². The number of rotatable bonds is 4. The standard InChI is InChI=1S/C10H10BrN3O2/c11-6-1-2-8-7(5-6)10(14-16-8)13-4-3-9(12)15/h1-2,5H,3-4H2,(H2,12,15)(H,13,14). The Balaban J connectivity index is 2.17. The van der Waals surface area contributed by atoms with Crippen LogP contribution in [0.2, 0.25) is 0 Å². The van der Waals surface area contributed by atoms with Gasteiger partial charge in [-0.05, 0) is 18.2 Å². The summed E-state index contributed by atoms with van der Waals surface area (Å²) in [7, 11) is 0. The lowest BCUT2D eigenvalue weighted by molar-refractivity contribution is -0.117. The molecule has 0 spiro atoms. The van der Waals surface area contributed by atoms with Gasteiger partial charge in [-0.2, -0.15) is 0 Å². The number of benzene rings is 1. The third kappa shape index (κ3) is 2.33. The summed E-state index contributed by atoms with van der Waals surface area (Å²) in [5, 5.41) is 7.75. The van der Waals surface area contributed by atoms with Crippen LogP contribution in [0.5, 0.6) is 0 Å². The zero-order chi connectivity index (χ0) is 11.5. The van der Waals surface area contributed by atoms with Crippen LogP contribution in [0, 0.1) is 0 Å². The first-order valence-corrected chi connectivity index (χ1v) is 5.53. The van der Waals surface area contributed by atoms with Crippen LogP contribution >= 0.6 is 15.9 Å². The summed E-state index contributed by atoms with van der Waals surface area (Å²) in [6.45, 7) is 0.448. The molecule has 0 aliphatic heterocycles. The number of nitrogens with one attached hydrogen (secondary N) is 1. The molecular formula is C10H10BrN3O2. The maximum atomic E-state index is 10.6. The molecule has 0 saturated carbocycles. The van der Waals surface area contributed by atoms with E-state index in [1.54, 1.807) is 0 Å². The normalized spacial score (nSPS) is 10.6. The van der Waals surface area contributed by atoms with Crippen molar-refractivity contribution in [3.8, 4) is 0 Å². The van der Waals surface area contributed by atoms with Crippen LogP contribution in [-0.2, 0) is 4.79 Å². The molecule has 1 aromatic heterocycles. The van der Waals surface area contributed by atoms with Gasteiger partial charge in [0.05, 0.1) is 5.39 Å². The van der Waals surface area contributed by atoms with Crippen LogP contribution in [0.1, 0.15) is 6.42 Å². The minimum Gasteiger partial charge on any atom is -0.370 e. The molecular weight excluding hydrogens is 274 g/mol. The first-order valence-electron chi connectivity index (χ1n) is 4.74. The minimum atomic E-state index is -0.346. The second-order valence-electron chi connectivity index (χ2n) is 3.31. The Bertz CT molecular complexity index is 524. The molecule has 0 aliphatic rings. The molecule has 16 heavy (non-hydrogen) atoms. The van der Waals surface area contributed by atoms with Gasteiger partial charge in [0.1, 0.15) is 0 Å². The maximum absolute atomic E-state index is 10.6. The number of aromatic nitrogens is 1. The number of hydrogen-bond donors (Lipinski definition) is 2. The highest BCUT2D eigenvalue weighted by molar-refractivity contribution is 9.10. The predicted octanol–water partition coefficient (Wildman–Crippen LogP) is 1.88. The topological polar surface area (TPSA) is 81.2 Å². The van der Waals surface area contributed by atoms with E-state index in [2.05, 4.69) is 26.4 Å². The predicted molar refractivity (Wildman–Crippen MR) is 64.0 cm³/mol. The molecule has 0 saturated heterocycles. The van der Waals surface area contributed by atoms with Crippen LogP contribution in [-0.4, -0.2) is 17.6 Å². The lowest BCUT2D eigenvalue weighted by Crippen LogP contribution is -2.15. The van der Waals surface area contributed by atoms with Crippen LogP contribution in [0.3, 0.4) is 0 Å². The number of halogens is 1. The lowest BCUT2D eigenvalue weighted by Gasteiger charge is -1.99. The van der Waals surface area contributed by atoms with Crippen molar-refractivity contribution in [3.63, 3.8) is 0 Å². The smallest absolute Gasteiger partial charge is 0.219 e. The number of carbonyl (C=O) groups is 1. The molecule has 0 atom stereocenters. The van der Waals surface area contributed by atoms with Crippen molar-refractivity contribution in [2.24, 2.45) is 5.73 Å². The molecule has 1 heterocycles. The Kier molecular flexibility index (Phi) is 3.09. The molecule has 0 bridgehead atoms. The summed E-state index contributed by atoms with van der Waals surface area (Å²) in [5.41, 5.74) is 5.74. The fourth-order valence-corrected chi connectivity index (χ4v) is 1.70. The zero-order valence-electron chi connectivity index (χ0n) is 8.37. The van der Waals surface area contributed by atoms with E-state index in [4.69, 9.17) is 10.3 Å². The van der Waals surface area contributed by atoms with Gasteiger partial charge in [-0.15, -0.1) is 0 Å². The van der Waals surface area contributed by atoms with E-state index in [1.807, 2.05) is 18.2 Å². The number of primary amides is 1. The average molecular weight is 284 g/mol. The molecule has 3 N–H and O–H groups in total. The quantitative estimate of drug-likeness (QED) is 0.898. The summed E-state index contributed by atoms with van der Waals surface area (Å²) in [5.74, 6) is 0.277. The van der Waals surface area contributed by atoms with E-state index in [9.17, 15) is 4.79 Å². The van der Waals surface area contributed by atoms with Gasteiger partial charge < -0.3 is 15.6 Å². The molecule has 0 unspecified atom stereocenters. The number of anilines is 1. The van der Waals surface area contributed by atoms with E-state index in [1.165, 1.54) is 0 Å². The van der Waals surface area contributed by atoms with Crippen molar-refractivity contribution in [1.29, 1.82) is 0 Å². The number of amides is 1. The monoisotopic (exact) mass is 283 g/mol. The Morgan fingerprint density at radius 3 is 3.12 bits per heavy atom. The highest BCUT2D eigenvalue weighted by atomic mass is 79.9. The Morgan fingerprint density at radius 1 is 1.56 bits per heavy atom. The maximum Gasteiger partial charge on any atom is 0.219 e. The van der Waals surface area contributed by atoms with Gasteiger partial charge in [0, 0.05) is 17.4 Å². The van der Waals surface area contributed by atoms with E-state index in [0.717, 1.165) is 9.86 Å². The summed E-state index contributed by atoms with van der Waals surface area (Å²) >= 11 is 3.37. The highest BCUT2D eigenvalue weighted by Crippen LogP contribution is 2.25. The summed E-state index contributed by atoms with van der Waals surface area (Å²) in [6, 6.07) is 5.60. The number of fused-ring (bicyclic) bond motifs is 1. The zero-order valence-corrected chi connectivity index (χ0v) is 9.95. The molecule has 84 valence electrons. The van der Waals surface area contributed by atoms with Crippen molar-refractivity contribution < 1.29 is 9.32 Å². The van der Waals surface area contributed by atoms with Gasteiger partial charge in [-0.3, -0.25) is 4.79 Å². The van der Waals surface area contributed by atoms with Crippen LogP contribution < -0.4 is 11.1 Å². The summed E-state index contributed by atoms with van der Waals surface area (Å²) in [4.78, 5) is 10.6. The highest BCUT2D eigenvalue weighted by Gasteiger charge is 2.07. The van der Waals surface area contributed by atoms with Crippen molar-refractivity contribution in [3.05, 3.63) is 22.7 Å². The number of nitrogens with zero attached hydrogens (tertiary/aromatic N) is 1. The second-order valence-corrected chi connectivity index (χ2v) is 4.23. The van der Waals surface area contributed by atoms with Crippen molar-refractivity contribution in [2.45, 2.75) is 6.42 Å². The summed E-state index contributed by atoms with van der Waals surface area (Å²) in [6.07, 6.45) is 0.266. The van der Waals surface area contributed by atoms with Gasteiger partial charge in [0.2, 0.25) is 5.91 Å². The SMILES string of the molecule is NC(=O)CCNc1noc2ccc(Br)cc12. The number of carbonyl (C=O) groups excluding carboxylic acids is 1. The molecule has 1 aromatic carbocycles. The van der Waals surface area contributed by atoms with Crippen LogP contribution in [0.25, 0.3) is 11.0 Å². The van der Waals surface area contributed by atoms with Crippen LogP contribution in [0.15, 0.2) is 27.2 Å². The van der Waals surface area contributed by atoms with Crippen molar-refractivity contribution in [2.75, 3.05) is 11.9 Å². The molecule has 2 rings (SSSR count). The third-order valence-electron chi connectivity index (χ3n) is 2.10. The fraction of sp³-hybridized carbons (Fsp3) is 0.200. The first kappa shape index (κ1) is 10.9. The van der Waals surface area contributed by atoms with Crippen LogP contribution in [0.4, 0.5) is 5.82 Å². The first-order chi connectivity index (χ1) is 7.66. The molecule has 2 aromatic rings. The van der Waals surface area contributed by atoms with E-state index in [0.29, 0.717) is 17.9 Å².